The van der Waals surface area contributed by atoms with Crippen LogP contribution in [0.3, 0.4) is 0 Å². The number of halogens is 6. The topological polar surface area (TPSA) is 110 Å². The van der Waals surface area contributed by atoms with Crippen molar-refractivity contribution in [2.24, 2.45) is 5.73 Å². The number of carbonyl (C=O) groups is 2. The summed E-state index contributed by atoms with van der Waals surface area (Å²) in [5.41, 5.74) is 4.38. The monoisotopic (exact) mass is 578 g/mol. The second-order valence-electron chi connectivity index (χ2n) is 8.76. The van der Waals surface area contributed by atoms with Crippen molar-refractivity contribution in [3.05, 3.63) is 106 Å². The molecule has 0 spiro atoms. The van der Waals surface area contributed by atoms with Crippen molar-refractivity contribution < 1.29 is 36.6 Å². The normalized spacial score (nSPS) is 12.7. The van der Waals surface area contributed by atoms with Crippen molar-refractivity contribution in [1.29, 1.82) is 0 Å². The molecule has 1 heterocycles. The number of aromatic nitrogens is 2. The summed E-state index contributed by atoms with van der Waals surface area (Å²) in [5.74, 6) is -2.56. The summed E-state index contributed by atoms with van der Waals surface area (Å²) in [6.07, 6.45) is -3.82. The summed E-state index contributed by atoms with van der Waals surface area (Å²) >= 11 is 5.84. The van der Waals surface area contributed by atoms with Crippen LogP contribution in [0.15, 0.2) is 79.0 Å². The molecule has 7 nitrogen and oxygen atoms in total. The first-order chi connectivity index (χ1) is 18.7. The molecule has 0 aliphatic rings. The van der Waals surface area contributed by atoms with Crippen molar-refractivity contribution in [2.75, 3.05) is 0 Å². The summed E-state index contributed by atoms with van der Waals surface area (Å²) in [4.78, 5) is 24.8. The largest absolute Gasteiger partial charge is 0.480 e. The minimum atomic E-state index is -4.46. The van der Waals surface area contributed by atoms with Gasteiger partial charge in [0.1, 0.15) is 11.7 Å². The molecule has 0 fully saturated rings. The second-order valence-corrected chi connectivity index (χ2v) is 9.19. The van der Waals surface area contributed by atoms with E-state index in [1.165, 1.54) is 36.4 Å². The number of aliphatic carboxylic acids is 1. The molecule has 13 heteroatoms. The van der Waals surface area contributed by atoms with E-state index < -0.39 is 47.0 Å². The Morgan fingerprint density at radius 1 is 0.925 bits per heavy atom. The number of carboxylic acid groups (broad SMARTS) is 1. The first-order valence-electron chi connectivity index (χ1n) is 11.6. The minimum absolute atomic E-state index is 0.145. The summed E-state index contributed by atoms with van der Waals surface area (Å²) in [6, 6.07) is 10.9. The molecule has 4 N–H and O–H groups in total. The SMILES string of the molecule is NC(F)(F)c1c(C(=O)N[C@@H](Cc2ccc(-c3ccc(C(F)(F)F)cc3)cc2)C(=O)O)cnn1-c1ccc(Cl)cc1. The van der Waals surface area contributed by atoms with Gasteiger partial charge in [0.15, 0.2) is 0 Å². The molecule has 1 amide bonds. The van der Waals surface area contributed by atoms with Crippen LogP contribution in [-0.2, 0) is 23.4 Å². The van der Waals surface area contributed by atoms with Crippen LogP contribution in [0.5, 0.6) is 0 Å². The molecule has 0 saturated carbocycles. The van der Waals surface area contributed by atoms with Gasteiger partial charge in [-0.1, -0.05) is 48.0 Å². The van der Waals surface area contributed by atoms with Crippen LogP contribution in [0.4, 0.5) is 22.0 Å². The number of nitrogens with two attached hydrogens (primary N) is 1. The quantitative estimate of drug-likeness (QED) is 0.185. The fraction of sp³-hybridized carbons (Fsp3) is 0.148. The number of nitrogens with one attached hydrogen (secondary N) is 1. The van der Waals surface area contributed by atoms with Crippen molar-refractivity contribution >= 4 is 23.5 Å². The van der Waals surface area contributed by atoms with E-state index in [4.69, 9.17) is 17.3 Å². The van der Waals surface area contributed by atoms with Crippen LogP contribution >= 0.6 is 11.6 Å². The number of hydrogen-bond acceptors (Lipinski definition) is 4. The van der Waals surface area contributed by atoms with Gasteiger partial charge < -0.3 is 10.4 Å². The highest BCUT2D eigenvalue weighted by Gasteiger charge is 2.37. The average molecular weight is 579 g/mol. The third-order valence-electron chi connectivity index (χ3n) is 5.94. The molecule has 40 heavy (non-hydrogen) atoms. The minimum Gasteiger partial charge on any atom is -0.480 e. The molecule has 0 aliphatic heterocycles. The third kappa shape index (κ3) is 6.46. The van der Waals surface area contributed by atoms with Crippen molar-refractivity contribution in [3.8, 4) is 16.8 Å². The molecule has 0 radical (unpaired) electrons. The van der Waals surface area contributed by atoms with Gasteiger partial charge in [-0.25, -0.2) is 9.48 Å². The van der Waals surface area contributed by atoms with Crippen LogP contribution in [0.2, 0.25) is 5.02 Å². The molecule has 1 aromatic heterocycles. The van der Waals surface area contributed by atoms with Crippen molar-refractivity contribution in [3.63, 3.8) is 0 Å². The second kappa shape index (κ2) is 11.1. The molecule has 0 bridgehead atoms. The Hall–Kier alpha value is -4.29. The lowest BCUT2D eigenvalue weighted by Gasteiger charge is -2.18. The van der Waals surface area contributed by atoms with Crippen LogP contribution in [0, 0.1) is 0 Å². The molecule has 208 valence electrons. The number of carbonyl (C=O) groups excluding carboxylic acids is 1. The van der Waals surface area contributed by atoms with Crippen LogP contribution in [0.1, 0.15) is 27.2 Å². The Kier molecular flexibility index (Phi) is 7.94. The fourth-order valence-electron chi connectivity index (χ4n) is 3.97. The van der Waals surface area contributed by atoms with Gasteiger partial charge >= 0.3 is 18.2 Å². The Morgan fingerprint density at radius 3 is 1.98 bits per heavy atom. The van der Waals surface area contributed by atoms with Gasteiger partial charge in [0, 0.05) is 11.4 Å². The zero-order valence-corrected chi connectivity index (χ0v) is 21.0. The Morgan fingerprint density at radius 2 is 1.48 bits per heavy atom. The first kappa shape index (κ1) is 28.7. The van der Waals surface area contributed by atoms with Gasteiger partial charge in [0.2, 0.25) is 0 Å². The number of alkyl halides is 5. The van der Waals surface area contributed by atoms with E-state index in [1.54, 1.807) is 24.3 Å². The van der Waals surface area contributed by atoms with Gasteiger partial charge in [0.05, 0.1) is 23.0 Å². The van der Waals surface area contributed by atoms with Gasteiger partial charge in [-0.05, 0) is 53.1 Å². The lowest BCUT2D eigenvalue weighted by atomic mass is 9.99. The summed E-state index contributed by atoms with van der Waals surface area (Å²) in [6.45, 7) is 0. The van der Waals surface area contributed by atoms with E-state index in [9.17, 15) is 36.6 Å². The molecular weight excluding hydrogens is 559 g/mol. The number of amides is 1. The van der Waals surface area contributed by atoms with Crippen molar-refractivity contribution in [2.45, 2.75) is 24.7 Å². The molecule has 4 rings (SSSR count). The zero-order chi connectivity index (χ0) is 29.2. The van der Waals surface area contributed by atoms with E-state index in [0.29, 0.717) is 21.7 Å². The zero-order valence-electron chi connectivity index (χ0n) is 20.3. The van der Waals surface area contributed by atoms with Gasteiger partial charge in [-0.2, -0.15) is 27.1 Å². The molecule has 0 aliphatic carbocycles. The summed E-state index contributed by atoms with van der Waals surface area (Å²) < 4.78 is 67.9. The lowest BCUT2D eigenvalue weighted by Crippen LogP contribution is -2.43. The number of benzene rings is 3. The highest BCUT2D eigenvalue weighted by molar-refractivity contribution is 6.30. The maximum absolute atomic E-state index is 14.4. The van der Waals surface area contributed by atoms with Crippen molar-refractivity contribution in [1.82, 2.24) is 15.1 Å². The van der Waals surface area contributed by atoms with E-state index >= 15 is 0 Å². The maximum atomic E-state index is 14.4. The fourth-order valence-corrected chi connectivity index (χ4v) is 4.10. The summed E-state index contributed by atoms with van der Waals surface area (Å²) in [5, 5.41) is 16.1. The Balaban J connectivity index is 1.53. The molecule has 0 unspecified atom stereocenters. The van der Waals surface area contributed by atoms with E-state index in [0.717, 1.165) is 23.0 Å². The van der Waals surface area contributed by atoms with Crippen LogP contribution in [0.25, 0.3) is 16.8 Å². The number of rotatable bonds is 8. The summed E-state index contributed by atoms with van der Waals surface area (Å²) in [7, 11) is 0. The molecule has 4 aromatic rings. The Bertz CT molecular complexity index is 1510. The molecular formula is C27H20ClF5N4O3. The van der Waals surface area contributed by atoms with E-state index in [-0.39, 0.29) is 12.1 Å². The molecule has 1 atom stereocenters. The third-order valence-corrected chi connectivity index (χ3v) is 6.20. The highest BCUT2D eigenvalue weighted by atomic mass is 35.5. The van der Waals surface area contributed by atoms with Gasteiger partial charge in [0.25, 0.3) is 5.91 Å². The predicted octanol–water partition coefficient (Wildman–Crippen LogP) is 5.65. The van der Waals surface area contributed by atoms with Gasteiger partial charge in [-0.3, -0.25) is 10.5 Å². The Labute approximate surface area is 229 Å². The van der Waals surface area contributed by atoms with Crippen LogP contribution < -0.4 is 11.1 Å². The van der Waals surface area contributed by atoms with E-state index in [2.05, 4.69) is 10.4 Å². The molecule has 0 saturated heterocycles. The van der Waals surface area contributed by atoms with Crippen LogP contribution in [-0.4, -0.2) is 32.8 Å². The number of nitrogens with zero attached hydrogens (tertiary/aromatic N) is 2. The lowest BCUT2D eigenvalue weighted by molar-refractivity contribution is -0.139. The first-order valence-corrected chi connectivity index (χ1v) is 11.9. The molecule has 3 aromatic carbocycles. The highest BCUT2D eigenvalue weighted by Crippen LogP contribution is 2.31. The van der Waals surface area contributed by atoms with Gasteiger partial charge in [-0.15, -0.1) is 0 Å². The number of carboxylic acids is 1. The van der Waals surface area contributed by atoms with E-state index in [1.807, 2.05) is 0 Å². The predicted molar refractivity (Wildman–Crippen MR) is 136 cm³/mol. The average Bonchev–Trinajstić information content (AvgIpc) is 3.35. The maximum Gasteiger partial charge on any atom is 0.416 e. The smallest absolute Gasteiger partial charge is 0.416 e. The number of hydrogen-bond donors (Lipinski definition) is 3. The standard InChI is InChI=1S/C27H20ClF5N4O3/c28-19-9-11-20(12-10-19)37-23(27(32,33)34)21(14-35-37)24(38)36-22(25(39)40)13-15-1-3-16(4-2-15)17-5-7-18(8-6-17)26(29,30)31/h1-12,14,22H,13,34H2,(H,36,38)(H,39,40)/t22-/m0/s1.